The van der Waals surface area contributed by atoms with Crippen molar-refractivity contribution in [2.45, 2.75) is 32.0 Å². The standard InChI is InChI=1S/C12H16O3/c1-8(13)7-15-10-3-4-11-9(6-10)2-5-12(11)14/h3-4,6,8,12-14H,2,5,7H2,1H3/t8?,12-/m1/s1. The lowest BCUT2D eigenvalue weighted by Gasteiger charge is -2.10. The fraction of sp³-hybridized carbons (Fsp3) is 0.500. The van der Waals surface area contributed by atoms with Crippen LogP contribution in [0.15, 0.2) is 18.2 Å². The Morgan fingerprint density at radius 2 is 2.33 bits per heavy atom. The lowest BCUT2D eigenvalue weighted by molar-refractivity contribution is 0.122. The zero-order chi connectivity index (χ0) is 10.8. The van der Waals surface area contributed by atoms with Crippen LogP contribution in [0.5, 0.6) is 5.75 Å². The molecule has 82 valence electrons. The summed E-state index contributed by atoms with van der Waals surface area (Å²) in [6.07, 6.45) is 0.937. The van der Waals surface area contributed by atoms with Crippen LogP contribution in [0.3, 0.4) is 0 Å². The van der Waals surface area contributed by atoms with Gasteiger partial charge in [-0.1, -0.05) is 6.07 Å². The van der Waals surface area contributed by atoms with Crippen LogP contribution in [-0.2, 0) is 6.42 Å². The number of aliphatic hydroxyl groups is 2. The molecule has 1 aromatic rings. The van der Waals surface area contributed by atoms with Crippen LogP contribution < -0.4 is 4.74 Å². The van der Waals surface area contributed by atoms with E-state index >= 15 is 0 Å². The largest absolute Gasteiger partial charge is 0.491 e. The van der Waals surface area contributed by atoms with E-state index in [0.29, 0.717) is 6.61 Å². The molecule has 0 saturated carbocycles. The Morgan fingerprint density at radius 1 is 1.53 bits per heavy atom. The Hall–Kier alpha value is -1.06. The van der Waals surface area contributed by atoms with Crippen molar-refractivity contribution in [2.24, 2.45) is 0 Å². The fourth-order valence-electron chi connectivity index (χ4n) is 1.88. The molecule has 1 aliphatic rings. The molecule has 0 amide bonds. The Labute approximate surface area is 89.3 Å². The van der Waals surface area contributed by atoms with Gasteiger partial charge in [0.1, 0.15) is 12.4 Å². The Kier molecular flexibility index (Phi) is 2.93. The quantitative estimate of drug-likeness (QED) is 0.790. The van der Waals surface area contributed by atoms with Gasteiger partial charge in [-0.15, -0.1) is 0 Å². The normalized spacial score (nSPS) is 21.1. The summed E-state index contributed by atoms with van der Waals surface area (Å²) >= 11 is 0. The van der Waals surface area contributed by atoms with Crippen LogP contribution in [0, 0.1) is 0 Å². The molecular weight excluding hydrogens is 192 g/mol. The molecule has 2 atom stereocenters. The summed E-state index contributed by atoms with van der Waals surface area (Å²) in [6, 6.07) is 5.70. The average Bonchev–Trinajstić information content (AvgIpc) is 2.57. The minimum absolute atomic E-state index is 0.307. The Bertz CT molecular complexity index is 347. The predicted octanol–water partition coefficient (Wildman–Crippen LogP) is 1.43. The van der Waals surface area contributed by atoms with Gasteiger partial charge in [0, 0.05) is 0 Å². The summed E-state index contributed by atoms with van der Waals surface area (Å²) in [5, 5.41) is 18.7. The molecule has 0 aliphatic heterocycles. The van der Waals surface area contributed by atoms with Crippen molar-refractivity contribution in [2.75, 3.05) is 6.61 Å². The minimum Gasteiger partial charge on any atom is -0.491 e. The highest BCUT2D eigenvalue weighted by Crippen LogP contribution is 2.33. The van der Waals surface area contributed by atoms with E-state index in [2.05, 4.69) is 0 Å². The predicted molar refractivity (Wildman–Crippen MR) is 56.9 cm³/mol. The zero-order valence-corrected chi connectivity index (χ0v) is 8.81. The molecule has 0 heterocycles. The molecule has 2 N–H and O–H groups in total. The SMILES string of the molecule is CC(O)COc1ccc2c(c1)CC[C@H]2O. The van der Waals surface area contributed by atoms with Gasteiger partial charge in [-0.3, -0.25) is 0 Å². The number of benzene rings is 1. The van der Waals surface area contributed by atoms with Gasteiger partial charge >= 0.3 is 0 Å². The highest BCUT2D eigenvalue weighted by molar-refractivity contribution is 5.39. The van der Waals surface area contributed by atoms with Crippen molar-refractivity contribution in [3.8, 4) is 5.75 Å². The second-order valence-corrected chi connectivity index (χ2v) is 4.08. The maximum atomic E-state index is 9.61. The number of aryl methyl sites for hydroxylation is 1. The van der Waals surface area contributed by atoms with E-state index in [-0.39, 0.29) is 6.10 Å². The van der Waals surface area contributed by atoms with Crippen molar-refractivity contribution in [3.63, 3.8) is 0 Å². The molecule has 3 nitrogen and oxygen atoms in total. The monoisotopic (exact) mass is 208 g/mol. The van der Waals surface area contributed by atoms with Crippen LogP contribution in [0.4, 0.5) is 0 Å². The van der Waals surface area contributed by atoms with E-state index < -0.39 is 6.10 Å². The van der Waals surface area contributed by atoms with Crippen molar-refractivity contribution in [1.29, 1.82) is 0 Å². The third-order valence-electron chi connectivity index (χ3n) is 2.65. The fourth-order valence-corrected chi connectivity index (χ4v) is 1.88. The number of aliphatic hydroxyl groups excluding tert-OH is 2. The molecular formula is C12H16O3. The van der Waals surface area contributed by atoms with Crippen molar-refractivity contribution < 1.29 is 14.9 Å². The second-order valence-electron chi connectivity index (χ2n) is 4.08. The highest BCUT2D eigenvalue weighted by Gasteiger charge is 2.20. The molecule has 1 aromatic carbocycles. The van der Waals surface area contributed by atoms with Gasteiger partial charge in [0.2, 0.25) is 0 Å². The number of ether oxygens (including phenoxy) is 1. The smallest absolute Gasteiger partial charge is 0.119 e. The van der Waals surface area contributed by atoms with Gasteiger partial charge in [0.15, 0.2) is 0 Å². The van der Waals surface area contributed by atoms with Crippen LogP contribution in [0.25, 0.3) is 0 Å². The van der Waals surface area contributed by atoms with E-state index in [1.165, 1.54) is 0 Å². The van der Waals surface area contributed by atoms with Crippen LogP contribution >= 0.6 is 0 Å². The first-order chi connectivity index (χ1) is 7.16. The first-order valence-corrected chi connectivity index (χ1v) is 5.28. The van der Waals surface area contributed by atoms with Gasteiger partial charge in [-0.05, 0) is 43.0 Å². The summed E-state index contributed by atoms with van der Waals surface area (Å²) < 4.78 is 5.40. The summed E-state index contributed by atoms with van der Waals surface area (Å²) in [4.78, 5) is 0. The molecule has 1 unspecified atom stereocenters. The first-order valence-electron chi connectivity index (χ1n) is 5.28. The molecule has 0 saturated heterocycles. The highest BCUT2D eigenvalue weighted by atomic mass is 16.5. The zero-order valence-electron chi connectivity index (χ0n) is 8.81. The Morgan fingerprint density at radius 3 is 3.07 bits per heavy atom. The number of hydrogen-bond donors (Lipinski definition) is 2. The van der Waals surface area contributed by atoms with Crippen molar-refractivity contribution in [3.05, 3.63) is 29.3 Å². The number of fused-ring (bicyclic) bond motifs is 1. The third-order valence-corrected chi connectivity index (χ3v) is 2.65. The number of hydrogen-bond acceptors (Lipinski definition) is 3. The summed E-state index contributed by atoms with van der Waals surface area (Å²) in [5.74, 6) is 0.767. The van der Waals surface area contributed by atoms with E-state index in [1.54, 1.807) is 6.92 Å². The lowest BCUT2D eigenvalue weighted by atomic mass is 10.1. The molecule has 0 spiro atoms. The van der Waals surface area contributed by atoms with Gasteiger partial charge in [0.25, 0.3) is 0 Å². The molecule has 0 bridgehead atoms. The van der Waals surface area contributed by atoms with Crippen LogP contribution in [0.1, 0.15) is 30.6 Å². The molecule has 0 fully saturated rings. The molecule has 0 aromatic heterocycles. The minimum atomic E-state index is -0.455. The Balaban J connectivity index is 2.09. The van der Waals surface area contributed by atoms with E-state index in [4.69, 9.17) is 9.84 Å². The summed E-state index contributed by atoms with van der Waals surface area (Å²) in [6.45, 7) is 2.00. The maximum Gasteiger partial charge on any atom is 0.119 e. The van der Waals surface area contributed by atoms with E-state index in [9.17, 15) is 5.11 Å². The van der Waals surface area contributed by atoms with Crippen molar-refractivity contribution in [1.82, 2.24) is 0 Å². The molecule has 2 rings (SSSR count). The van der Waals surface area contributed by atoms with E-state index in [1.807, 2.05) is 18.2 Å². The average molecular weight is 208 g/mol. The van der Waals surface area contributed by atoms with Gasteiger partial charge in [-0.2, -0.15) is 0 Å². The molecule has 3 heteroatoms. The molecule has 0 radical (unpaired) electrons. The maximum absolute atomic E-state index is 9.61. The third kappa shape index (κ3) is 2.30. The van der Waals surface area contributed by atoms with Gasteiger partial charge in [0.05, 0.1) is 12.2 Å². The topological polar surface area (TPSA) is 49.7 Å². The second kappa shape index (κ2) is 4.21. The molecule has 1 aliphatic carbocycles. The lowest BCUT2D eigenvalue weighted by Crippen LogP contribution is -2.12. The van der Waals surface area contributed by atoms with E-state index in [0.717, 1.165) is 29.7 Å². The van der Waals surface area contributed by atoms with Gasteiger partial charge in [-0.25, -0.2) is 0 Å². The van der Waals surface area contributed by atoms with Gasteiger partial charge < -0.3 is 14.9 Å². The molecule has 15 heavy (non-hydrogen) atoms. The first kappa shape index (κ1) is 10.5. The number of rotatable bonds is 3. The van der Waals surface area contributed by atoms with Crippen LogP contribution in [0.2, 0.25) is 0 Å². The summed E-state index contributed by atoms with van der Waals surface area (Å²) in [7, 11) is 0. The van der Waals surface area contributed by atoms with Crippen LogP contribution in [-0.4, -0.2) is 22.9 Å². The van der Waals surface area contributed by atoms with Crippen molar-refractivity contribution >= 4 is 0 Å². The summed E-state index contributed by atoms with van der Waals surface area (Å²) in [5.41, 5.74) is 2.17.